The van der Waals surface area contributed by atoms with Gasteiger partial charge in [0.25, 0.3) is 0 Å². The molecule has 0 fully saturated rings. The van der Waals surface area contributed by atoms with Crippen LogP contribution in [0.15, 0.2) is 57.9 Å². The average molecular weight is 413 g/mol. The van der Waals surface area contributed by atoms with Crippen LogP contribution in [0.5, 0.6) is 0 Å². The highest BCUT2D eigenvalue weighted by atomic mass is 32.2. The fraction of sp³-hybridized carbons (Fsp3) is 0.273. The number of hydrogen-bond donors (Lipinski definition) is 0. The minimum atomic E-state index is -3.64. The molecule has 0 aliphatic carbocycles. The third-order valence-corrected chi connectivity index (χ3v) is 6.67. The van der Waals surface area contributed by atoms with Crippen LogP contribution in [-0.2, 0) is 14.6 Å². The van der Waals surface area contributed by atoms with Gasteiger partial charge in [0.1, 0.15) is 0 Å². The van der Waals surface area contributed by atoms with E-state index in [0.717, 1.165) is 16.9 Å². The molecular weight excluding hydrogens is 388 g/mol. The molecule has 2 aromatic carbocycles. The van der Waals surface area contributed by atoms with E-state index in [1.165, 1.54) is 4.90 Å². The van der Waals surface area contributed by atoms with Gasteiger partial charge >= 0.3 is 0 Å². The summed E-state index contributed by atoms with van der Waals surface area (Å²) in [5, 5.41) is 3.85. The first kappa shape index (κ1) is 20.8. The number of hydrogen-bond acceptors (Lipinski definition) is 5. The van der Waals surface area contributed by atoms with Gasteiger partial charge in [-0.2, -0.15) is 0 Å². The summed E-state index contributed by atoms with van der Waals surface area (Å²) in [4.78, 5) is 14.2. The van der Waals surface area contributed by atoms with Crippen molar-refractivity contribution in [2.45, 2.75) is 32.1 Å². The Morgan fingerprint density at radius 1 is 1.03 bits per heavy atom. The van der Waals surface area contributed by atoms with Crippen LogP contribution in [-0.4, -0.2) is 32.3 Å². The lowest BCUT2D eigenvalue weighted by Gasteiger charge is -2.18. The Balaban J connectivity index is 1.77. The minimum absolute atomic E-state index is 0.0994. The van der Waals surface area contributed by atoms with Crippen LogP contribution < -0.4 is 4.90 Å². The zero-order valence-electron chi connectivity index (χ0n) is 17.0. The van der Waals surface area contributed by atoms with Gasteiger partial charge in [-0.25, -0.2) is 8.42 Å². The number of carbonyl (C=O) groups is 1. The van der Waals surface area contributed by atoms with Crippen LogP contribution in [0.3, 0.4) is 0 Å². The fourth-order valence-electron chi connectivity index (χ4n) is 3.00. The summed E-state index contributed by atoms with van der Waals surface area (Å²) in [5.74, 6) is -0.00638. The number of anilines is 1. The van der Waals surface area contributed by atoms with E-state index in [0.29, 0.717) is 16.9 Å². The van der Waals surface area contributed by atoms with Crippen molar-refractivity contribution in [3.05, 3.63) is 65.4 Å². The van der Waals surface area contributed by atoms with Crippen LogP contribution in [0, 0.1) is 20.8 Å². The van der Waals surface area contributed by atoms with E-state index in [9.17, 15) is 13.2 Å². The van der Waals surface area contributed by atoms with Gasteiger partial charge in [-0.1, -0.05) is 35.0 Å². The Kier molecular flexibility index (Phi) is 5.88. The van der Waals surface area contributed by atoms with Gasteiger partial charge in [0.05, 0.1) is 16.3 Å². The van der Waals surface area contributed by atoms with Gasteiger partial charge in [-0.05, 0) is 44.5 Å². The Bertz CT molecular complexity index is 1130. The third kappa shape index (κ3) is 4.74. The largest absolute Gasteiger partial charge is 0.356 e. The fourth-order valence-corrected chi connectivity index (χ4v) is 4.53. The lowest BCUT2D eigenvalue weighted by Crippen LogP contribution is -2.28. The molecule has 0 bridgehead atoms. The molecule has 0 aliphatic rings. The van der Waals surface area contributed by atoms with Gasteiger partial charge in [0.2, 0.25) is 5.91 Å². The predicted molar refractivity (Wildman–Crippen MR) is 113 cm³/mol. The van der Waals surface area contributed by atoms with Crippen molar-refractivity contribution in [3.63, 3.8) is 0 Å². The zero-order chi connectivity index (χ0) is 21.2. The van der Waals surface area contributed by atoms with Crippen molar-refractivity contribution < 1.29 is 17.7 Å². The van der Waals surface area contributed by atoms with E-state index < -0.39 is 9.84 Å². The van der Waals surface area contributed by atoms with Crippen LogP contribution in [0.2, 0.25) is 0 Å². The molecule has 1 heterocycles. The first-order valence-electron chi connectivity index (χ1n) is 9.28. The minimum Gasteiger partial charge on any atom is -0.356 e. The number of carbonyl (C=O) groups excluding carboxylic acids is 1. The Labute approximate surface area is 171 Å². The highest BCUT2D eigenvalue weighted by Crippen LogP contribution is 2.27. The van der Waals surface area contributed by atoms with Crippen LogP contribution in [0.1, 0.15) is 23.2 Å². The summed E-state index contributed by atoms with van der Waals surface area (Å²) < 4.78 is 31.1. The van der Waals surface area contributed by atoms with E-state index in [1.54, 1.807) is 45.2 Å². The van der Waals surface area contributed by atoms with Gasteiger partial charge < -0.3 is 9.42 Å². The molecular formula is C22H24N2O4S. The maximum atomic E-state index is 12.9. The maximum Gasteiger partial charge on any atom is 0.227 e. The molecule has 1 amide bonds. The second-order valence-electron chi connectivity index (χ2n) is 7.17. The molecule has 0 atom stereocenters. The average Bonchev–Trinajstić information content (AvgIpc) is 3.12. The third-order valence-electron chi connectivity index (χ3n) is 4.82. The summed E-state index contributed by atoms with van der Waals surface area (Å²) in [5.41, 5.74) is 3.81. The van der Waals surface area contributed by atoms with Crippen molar-refractivity contribution in [1.82, 2.24) is 5.16 Å². The van der Waals surface area contributed by atoms with Crippen LogP contribution in [0.4, 0.5) is 5.69 Å². The molecule has 0 unspecified atom stereocenters. The summed E-state index contributed by atoms with van der Waals surface area (Å²) in [7, 11) is -1.99. The molecule has 152 valence electrons. The van der Waals surface area contributed by atoms with Crippen molar-refractivity contribution in [1.29, 1.82) is 0 Å². The number of rotatable bonds is 6. The Morgan fingerprint density at radius 3 is 2.34 bits per heavy atom. The van der Waals surface area contributed by atoms with Gasteiger partial charge in [0.15, 0.2) is 15.6 Å². The predicted octanol–water partition coefficient (Wildman–Crippen LogP) is 4.09. The molecule has 7 heteroatoms. The van der Waals surface area contributed by atoms with Crippen molar-refractivity contribution in [3.8, 4) is 11.3 Å². The number of amides is 1. The summed E-state index contributed by atoms with van der Waals surface area (Å²) >= 11 is 0. The maximum absolute atomic E-state index is 12.9. The zero-order valence-corrected chi connectivity index (χ0v) is 17.8. The molecule has 3 aromatic rings. The van der Waals surface area contributed by atoms with E-state index in [4.69, 9.17) is 4.52 Å². The van der Waals surface area contributed by atoms with E-state index in [2.05, 4.69) is 5.16 Å². The SMILES string of the molecule is Cc1ccc(N(C)C(=O)CCS(=O)(=O)c2cc(-c3cc(C)no3)ccc2C)cc1. The van der Waals surface area contributed by atoms with E-state index >= 15 is 0 Å². The highest BCUT2D eigenvalue weighted by Gasteiger charge is 2.22. The molecule has 0 spiro atoms. The Hall–Kier alpha value is -2.93. The lowest BCUT2D eigenvalue weighted by molar-refractivity contribution is -0.117. The number of sulfone groups is 1. The van der Waals surface area contributed by atoms with Crippen LogP contribution >= 0.6 is 0 Å². The van der Waals surface area contributed by atoms with Crippen LogP contribution in [0.25, 0.3) is 11.3 Å². The number of nitrogens with zero attached hydrogens (tertiary/aromatic N) is 2. The van der Waals surface area contributed by atoms with Crippen molar-refractivity contribution in [2.75, 3.05) is 17.7 Å². The number of benzene rings is 2. The quantitative estimate of drug-likeness (QED) is 0.609. The molecule has 0 saturated carbocycles. The number of aryl methyl sites for hydroxylation is 3. The second kappa shape index (κ2) is 8.21. The molecule has 6 nitrogen and oxygen atoms in total. The monoisotopic (exact) mass is 412 g/mol. The van der Waals surface area contributed by atoms with E-state index in [1.807, 2.05) is 31.2 Å². The molecule has 0 radical (unpaired) electrons. The second-order valence-corrected chi connectivity index (χ2v) is 9.25. The standard InChI is InChI=1S/C22H24N2O4S/c1-15-5-9-19(10-6-15)24(4)22(25)11-12-29(26,27)21-14-18(8-7-16(21)2)20-13-17(3)23-28-20/h5-10,13-14H,11-12H2,1-4H3. The van der Waals surface area contributed by atoms with Gasteiger partial charge in [-0.15, -0.1) is 0 Å². The molecule has 29 heavy (non-hydrogen) atoms. The lowest BCUT2D eigenvalue weighted by atomic mass is 10.1. The van der Waals surface area contributed by atoms with Gasteiger partial charge in [-0.3, -0.25) is 4.79 Å². The summed E-state index contributed by atoms with van der Waals surface area (Å²) in [6.45, 7) is 5.51. The molecule has 0 saturated heterocycles. The first-order valence-corrected chi connectivity index (χ1v) is 10.9. The topological polar surface area (TPSA) is 80.5 Å². The molecule has 0 N–H and O–H groups in total. The first-order chi connectivity index (χ1) is 13.7. The van der Waals surface area contributed by atoms with Gasteiger partial charge in [0, 0.05) is 30.8 Å². The normalized spacial score (nSPS) is 11.4. The Morgan fingerprint density at radius 2 is 1.72 bits per heavy atom. The highest BCUT2D eigenvalue weighted by molar-refractivity contribution is 7.91. The van der Waals surface area contributed by atoms with E-state index in [-0.39, 0.29) is 23.0 Å². The van der Waals surface area contributed by atoms with Crippen molar-refractivity contribution in [2.24, 2.45) is 0 Å². The molecule has 1 aromatic heterocycles. The molecule has 3 rings (SSSR count). The summed E-state index contributed by atoms with van der Waals surface area (Å²) in [6, 6.07) is 14.4. The number of aromatic nitrogens is 1. The summed E-state index contributed by atoms with van der Waals surface area (Å²) in [6.07, 6.45) is -0.0994. The molecule has 0 aliphatic heterocycles. The smallest absolute Gasteiger partial charge is 0.227 e. The van der Waals surface area contributed by atoms with Crippen molar-refractivity contribution >= 4 is 21.4 Å².